The lowest BCUT2D eigenvalue weighted by Gasteiger charge is -2.11. The molecule has 0 aliphatic carbocycles. The molecule has 0 aliphatic rings. The second kappa shape index (κ2) is 7.77. The molecule has 0 atom stereocenters. The SMILES string of the molecule is COc1cccc(C(=O)Cn2c(=O)n3nc(-c4ccc(C)cc4)nc3c3ccccc32)c1. The van der Waals surface area contributed by atoms with E-state index < -0.39 is 5.69 Å². The molecule has 0 radical (unpaired) electrons. The van der Waals surface area contributed by atoms with E-state index in [4.69, 9.17) is 4.74 Å². The molecule has 0 N–H and O–H groups in total. The van der Waals surface area contributed by atoms with Gasteiger partial charge in [0.15, 0.2) is 17.3 Å². The van der Waals surface area contributed by atoms with Crippen LogP contribution < -0.4 is 10.4 Å². The van der Waals surface area contributed by atoms with Crippen LogP contribution in [0.25, 0.3) is 27.9 Å². The van der Waals surface area contributed by atoms with Crippen LogP contribution in [0.15, 0.2) is 77.6 Å². The molecule has 5 aromatic rings. The lowest BCUT2D eigenvalue weighted by molar-refractivity contribution is 0.0971. The second-order valence-corrected chi connectivity index (χ2v) is 7.58. The molecule has 3 aromatic carbocycles. The first kappa shape index (κ1) is 19.7. The number of carbonyl (C=O) groups excluding carboxylic acids is 1. The number of ether oxygens (including phenoxy) is 1. The summed E-state index contributed by atoms with van der Waals surface area (Å²) in [6.07, 6.45) is 0. The summed E-state index contributed by atoms with van der Waals surface area (Å²) in [6, 6.07) is 22.1. The number of fused-ring (bicyclic) bond motifs is 3. The average Bonchev–Trinajstić information content (AvgIpc) is 3.28. The van der Waals surface area contributed by atoms with E-state index in [0.29, 0.717) is 28.3 Å². The third-order valence-corrected chi connectivity index (χ3v) is 5.46. The lowest BCUT2D eigenvalue weighted by atomic mass is 10.1. The van der Waals surface area contributed by atoms with E-state index in [9.17, 15) is 9.59 Å². The zero-order chi connectivity index (χ0) is 22.2. The minimum absolute atomic E-state index is 0.123. The summed E-state index contributed by atoms with van der Waals surface area (Å²) >= 11 is 0. The number of carbonyl (C=O) groups is 1. The zero-order valence-corrected chi connectivity index (χ0v) is 17.6. The quantitative estimate of drug-likeness (QED) is 0.400. The summed E-state index contributed by atoms with van der Waals surface area (Å²) in [4.78, 5) is 31.0. The van der Waals surface area contributed by atoms with Gasteiger partial charge in [-0.2, -0.15) is 4.52 Å². The molecule has 7 nitrogen and oxygen atoms in total. The summed E-state index contributed by atoms with van der Waals surface area (Å²) in [6.45, 7) is 1.88. The van der Waals surface area contributed by atoms with E-state index in [0.717, 1.165) is 16.5 Å². The fourth-order valence-corrected chi connectivity index (χ4v) is 3.74. The van der Waals surface area contributed by atoms with E-state index in [-0.39, 0.29) is 12.3 Å². The van der Waals surface area contributed by atoms with Crippen molar-refractivity contribution in [3.63, 3.8) is 0 Å². The van der Waals surface area contributed by atoms with Gasteiger partial charge in [0.25, 0.3) is 0 Å². The van der Waals surface area contributed by atoms with Gasteiger partial charge < -0.3 is 4.74 Å². The fourth-order valence-electron chi connectivity index (χ4n) is 3.74. The van der Waals surface area contributed by atoms with Crippen LogP contribution in [0.1, 0.15) is 15.9 Å². The van der Waals surface area contributed by atoms with Crippen LogP contribution in [0.3, 0.4) is 0 Å². The number of hydrogen-bond acceptors (Lipinski definition) is 5. The van der Waals surface area contributed by atoms with Crippen LogP contribution in [-0.4, -0.2) is 32.1 Å². The Kier molecular flexibility index (Phi) is 4.78. The summed E-state index contributed by atoms with van der Waals surface area (Å²) in [7, 11) is 1.55. The molecule has 0 saturated carbocycles. The molecule has 0 unspecified atom stereocenters. The third-order valence-electron chi connectivity index (χ3n) is 5.46. The highest BCUT2D eigenvalue weighted by atomic mass is 16.5. The summed E-state index contributed by atoms with van der Waals surface area (Å²) in [5, 5.41) is 5.22. The third kappa shape index (κ3) is 3.33. The van der Waals surface area contributed by atoms with Gasteiger partial charge in [0, 0.05) is 16.5 Å². The van der Waals surface area contributed by atoms with Crippen LogP contribution in [0.5, 0.6) is 5.75 Å². The number of methoxy groups -OCH3 is 1. The van der Waals surface area contributed by atoms with Gasteiger partial charge in [-0.05, 0) is 31.2 Å². The molecular weight excluding hydrogens is 404 g/mol. The minimum atomic E-state index is -0.416. The van der Waals surface area contributed by atoms with E-state index >= 15 is 0 Å². The molecule has 0 amide bonds. The summed E-state index contributed by atoms with van der Waals surface area (Å²) < 4.78 is 7.93. The van der Waals surface area contributed by atoms with Crippen molar-refractivity contribution >= 4 is 22.3 Å². The molecule has 32 heavy (non-hydrogen) atoms. The smallest absolute Gasteiger partial charge is 0.351 e. The highest BCUT2D eigenvalue weighted by Gasteiger charge is 2.18. The Bertz CT molecular complexity index is 1530. The lowest BCUT2D eigenvalue weighted by Crippen LogP contribution is -2.30. The number of rotatable bonds is 5. The topological polar surface area (TPSA) is 78.5 Å². The van der Waals surface area contributed by atoms with Gasteiger partial charge >= 0.3 is 5.69 Å². The Morgan fingerprint density at radius 1 is 1.00 bits per heavy atom. The molecule has 0 saturated heterocycles. The Labute approximate surface area is 183 Å². The largest absolute Gasteiger partial charge is 0.497 e. The maximum Gasteiger partial charge on any atom is 0.351 e. The predicted octanol–water partition coefficient (Wildman–Crippen LogP) is 3.91. The highest BCUT2D eigenvalue weighted by molar-refractivity contribution is 5.98. The predicted molar refractivity (Wildman–Crippen MR) is 122 cm³/mol. The van der Waals surface area contributed by atoms with Crippen molar-refractivity contribution in [2.75, 3.05) is 7.11 Å². The average molecular weight is 424 g/mol. The van der Waals surface area contributed by atoms with Gasteiger partial charge in [0.2, 0.25) is 0 Å². The van der Waals surface area contributed by atoms with Crippen molar-refractivity contribution in [1.29, 1.82) is 0 Å². The standard InChI is InChI=1S/C25H20N4O3/c1-16-10-12-17(13-11-16)23-26-24-20-8-3-4-9-21(20)28(25(31)29(24)27-23)15-22(30)18-6-5-7-19(14-18)32-2/h3-14H,15H2,1-2H3. The molecule has 2 aromatic heterocycles. The van der Waals surface area contributed by atoms with Crippen LogP contribution >= 0.6 is 0 Å². The monoisotopic (exact) mass is 424 g/mol. The van der Waals surface area contributed by atoms with Crippen molar-refractivity contribution in [3.8, 4) is 17.1 Å². The second-order valence-electron chi connectivity index (χ2n) is 7.58. The van der Waals surface area contributed by atoms with Crippen molar-refractivity contribution < 1.29 is 9.53 Å². The van der Waals surface area contributed by atoms with Crippen LogP contribution in [0.2, 0.25) is 0 Å². The Hall–Kier alpha value is -4.26. The summed E-state index contributed by atoms with van der Waals surface area (Å²) in [5.41, 5.74) is 3.10. The van der Waals surface area contributed by atoms with Gasteiger partial charge in [-0.1, -0.05) is 54.1 Å². The number of aryl methyl sites for hydroxylation is 1. The highest BCUT2D eigenvalue weighted by Crippen LogP contribution is 2.22. The first-order valence-electron chi connectivity index (χ1n) is 10.2. The molecule has 2 heterocycles. The number of para-hydroxylation sites is 1. The van der Waals surface area contributed by atoms with Crippen molar-refractivity contribution in [1.82, 2.24) is 19.2 Å². The Balaban J connectivity index is 1.66. The van der Waals surface area contributed by atoms with Gasteiger partial charge in [-0.3, -0.25) is 9.36 Å². The first-order valence-corrected chi connectivity index (χ1v) is 10.2. The van der Waals surface area contributed by atoms with E-state index in [1.807, 2.05) is 55.5 Å². The number of nitrogens with zero attached hydrogens (tertiary/aromatic N) is 4. The number of Topliss-reactive ketones (excluding diaryl/α,β-unsaturated/α-hetero) is 1. The van der Waals surface area contributed by atoms with Crippen LogP contribution in [-0.2, 0) is 6.54 Å². The van der Waals surface area contributed by atoms with Crippen LogP contribution in [0, 0.1) is 6.92 Å². The maximum atomic E-state index is 13.4. The maximum absolute atomic E-state index is 13.4. The van der Waals surface area contributed by atoms with Gasteiger partial charge in [0.05, 0.1) is 19.2 Å². The number of benzene rings is 3. The van der Waals surface area contributed by atoms with Gasteiger partial charge in [0.1, 0.15) is 5.75 Å². The molecular formula is C25H20N4O3. The number of ketones is 1. The Morgan fingerprint density at radius 2 is 1.78 bits per heavy atom. The molecule has 158 valence electrons. The molecule has 0 fully saturated rings. The number of hydrogen-bond donors (Lipinski definition) is 0. The normalized spacial score (nSPS) is 11.2. The van der Waals surface area contributed by atoms with Crippen LogP contribution in [0.4, 0.5) is 0 Å². The molecule has 0 bridgehead atoms. The first-order chi connectivity index (χ1) is 15.5. The van der Waals surface area contributed by atoms with E-state index in [1.165, 1.54) is 9.08 Å². The van der Waals surface area contributed by atoms with Gasteiger partial charge in [-0.15, -0.1) is 5.10 Å². The molecule has 7 heteroatoms. The van der Waals surface area contributed by atoms with Crippen molar-refractivity contribution in [2.45, 2.75) is 13.5 Å². The van der Waals surface area contributed by atoms with Gasteiger partial charge in [-0.25, -0.2) is 9.78 Å². The van der Waals surface area contributed by atoms with Crippen molar-refractivity contribution in [3.05, 3.63) is 94.4 Å². The molecule has 0 aliphatic heterocycles. The Morgan fingerprint density at radius 3 is 2.56 bits per heavy atom. The molecule has 5 rings (SSSR count). The van der Waals surface area contributed by atoms with Crippen molar-refractivity contribution in [2.24, 2.45) is 0 Å². The zero-order valence-electron chi connectivity index (χ0n) is 17.6. The summed E-state index contributed by atoms with van der Waals surface area (Å²) in [5.74, 6) is 0.848. The van der Waals surface area contributed by atoms with E-state index in [1.54, 1.807) is 31.4 Å². The van der Waals surface area contributed by atoms with E-state index in [2.05, 4.69) is 10.1 Å². The minimum Gasteiger partial charge on any atom is -0.497 e. The molecule has 0 spiro atoms. The number of aromatic nitrogens is 4. The fraction of sp³-hybridized carbons (Fsp3) is 0.120.